The van der Waals surface area contributed by atoms with Gasteiger partial charge in [-0.1, -0.05) is 61.4 Å². The highest BCUT2D eigenvalue weighted by Crippen LogP contribution is 2.44. The molecular formula is C27H30N2O5. The van der Waals surface area contributed by atoms with E-state index in [1.165, 1.54) is 4.90 Å². The average Bonchev–Trinajstić information content (AvgIpc) is 3.39. The number of benzene rings is 2. The predicted molar refractivity (Wildman–Crippen MR) is 126 cm³/mol. The molecule has 5 rings (SSSR count). The smallest absolute Gasteiger partial charge is 0.407 e. The Morgan fingerprint density at radius 1 is 1.03 bits per heavy atom. The van der Waals surface area contributed by atoms with E-state index in [2.05, 4.69) is 17.4 Å². The monoisotopic (exact) mass is 462 g/mol. The molecule has 1 aliphatic heterocycles. The lowest BCUT2D eigenvalue weighted by atomic mass is 9.84. The third kappa shape index (κ3) is 3.93. The molecule has 1 heterocycles. The van der Waals surface area contributed by atoms with E-state index in [1.807, 2.05) is 36.4 Å². The van der Waals surface area contributed by atoms with E-state index in [0.717, 1.165) is 47.9 Å². The molecule has 0 radical (unpaired) electrons. The molecule has 2 aromatic rings. The first-order chi connectivity index (χ1) is 16.5. The van der Waals surface area contributed by atoms with E-state index in [4.69, 9.17) is 4.74 Å². The number of nitrogens with one attached hydrogen (secondary N) is 1. The maximum Gasteiger partial charge on any atom is 0.407 e. The molecule has 7 nitrogen and oxygen atoms in total. The highest BCUT2D eigenvalue weighted by atomic mass is 16.5. The summed E-state index contributed by atoms with van der Waals surface area (Å²) in [5, 5.41) is 12.3. The van der Waals surface area contributed by atoms with Gasteiger partial charge in [-0.2, -0.15) is 0 Å². The molecule has 4 atom stereocenters. The highest BCUT2D eigenvalue weighted by molar-refractivity contribution is 5.90. The van der Waals surface area contributed by atoms with Gasteiger partial charge in [0.15, 0.2) is 0 Å². The van der Waals surface area contributed by atoms with Crippen LogP contribution in [0.2, 0.25) is 0 Å². The van der Waals surface area contributed by atoms with Gasteiger partial charge in [0.05, 0.1) is 0 Å². The zero-order valence-corrected chi connectivity index (χ0v) is 19.3. The van der Waals surface area contributed by atoms with Crippen molar-refractivity contribution in [1.82, 2.24) is 10.2 Å². The summed E-state index contributed by atoms with van der Waals surface area (Å²) in [6, 6.07) is 14.4. The Morgan fingerprint density at radius 3 is 2.29 bits per heavy atom. The van der Waals surface area contributed by atoms with Gasteiger partial charge in [-0.3, -0.25) is 4.79 Å². The van der Waals surface area contributed by atoms with Crippen molar-refractivity contribution in [3.8, 4) is 11.1 Å². The molecule has 3 unspecified atom stereocenters. The molecular weight excluding hydrogens is 432 g/mol. The van der Waals surface area contributed by atoms with Crippen LogP contribution in [0.25, 0.3) is 11.1 Å². The van der Waals surface area contributed by atoms with E-state index in [0.29, 0.717) is 6.42 Å². The third-order valence-electron chi connectivity index (χ3n) is 7.68. The zero-order valence-electron chi connectivity index (χ0n) is 19.3. The van der Waals surface area contributed by atoms with Crippen LogP contribution in [0.15, 0.2) is 48.5 Å². The number of hydrogen-bond acceptors (Lipinski definition) is 4. The van der Waals surface area contributed by atoms with Gasteiger partial charge in [0.1, 0.15) is 18.7 Å². The standard InChI is InChI=1S/C27H30N2O5/c1-16(25(30)29-23-13-7-2-8-17(23)14-24(29)26(31)32)28-27(33)34-15-22-20-11-5-3-9-18(20)19-10-4-6-12-21(19)22/h3-6,9-12,16-17,22-24H,2,7-8,13-15H2,1H3,(H,28,33)(H,31,32)/t16-,17?,23?,24?/m1/s1. The third-order valence-corrected chi connectivity index (χ3v) is 7.68. The van der Waals surface area contributed by atoms with Crippen LogP contribution >= 0.6 is 0 Å². The molecule has 2 aliphatic carbocycles. The van der Waals surface area contributed by atoms with Crippen molar-refractivity contribution in [1.29, 1.82) is 0 Å². The number of carboxylic acid groups (broad SMARTS) is 1. The summed E-state index contributed by atoms with van der Waals surface area (Å²) in [5.74, 6) is -1.17. The van der Waals surface area contributed by atoms with Crippen LogP contribution in [0.3, 0.4) is 0 Å². The Labute approximate surface area is 199 Å². The van der Waals surface area contributed by atoms with Crippen molar-refractivity contribution in [2.24, 2.45) is 5.92 Å². The fraction of sp³-hybridized carbons (Fsp3) is 0.444. The lowest BCUT2D eigenvalue weighted by molar-refractivity contribution is -0.150. The summed E-state index contributed by atoms with van der Waals surface area (Å²) < 4.78 is 5.57. The lowest BCUT2D eigenvalue weighted by Gasteiger charge is -2.34. The lowest BCUT2D eigenvalue weighted by Crippen LogP contribution is -2.53. The second-order valence-corrected chi connectivity index (χ2v) is 9.64. The molecule has 2 aromatic carbocycles. The van der Waals surface area contributed by atoms with Crippen LogP contribution in [0.1, 0.15) is 56.1 Å². The van der Waals surface area contributed by atoms with Crippen molar-refractivity contribution in [2.75, 3.05) is 6.61 Å². The Bertz CT molecular complexity index is 1070. The van der Waals surface area contributed by atoms with Crippen molar-refractivity contribution in [3.05, 3.63) is 59.7 Å². The molecule has 3 aliphatic rings. The minimum Gasteiger partial charge on any atom is -0.480 e. The number of nitrogens with zero attached hydrogens (tertiary/aromatic N) is 1. The number of rotatable bonds is 5. The number of aliphatic carboxylic acids is 1. The number of amides is 2. The van der Waals surface area contributed by atoms with Crippen molar-refractivity contribution < 1.29 is 24.2 Å². The fourth-order valence-corrected chi connectivity index (χ4v) is 6.10. The normalized spacial score (nSPS) is 24.0. The molecule has 2 fully saturated rings. The van der Waals surface area contributed by atoms with Crippen LogP contribution in [-0.2, 0) is 14.3 Å². The minimum absolute atomic E-state index is 0.0610. The molecule has 34 heavy (non-hydrogen) atoms. The second kappa shape index (κ2) is 9.12. The summed E-state index contributed by atoms with van der Waals surface area (Å²) in [7, 11) is 0. The molecule has 0 spiro atoms. The Hall–Kier alpha value is -3.35. The van der Waals surface area contributed by atoms with Crippen LogP contribution in [0.4, 0.5) is 4.79 Å². The Morgan fingerprint density at radius 2 is 1.65 bits per heavy atom. The topological polar surface area (TPSA) is 95.9 Å². The molecule has 0 bridgehead atoms. The van der Waals surface area contributed by atoms with Gasteiger partial charge in [-0.05, 0) is 54.4 Å². The molecule has 2 N–H and O–H groups in total. The van der Waals surface area contributed by atoms with Gasteiger partial charge in [0, 0.05) is 12.0 Å². The number of fused-ring (bicyclic) bond motifs is 4. The van der Waals surface area contributed by atoms with E-state index in [-0.39, 0.29) is 30.4 Å². The fourth-order valence-electron chi connectivity index (χ4n) is 6.10. The quantitative estimate of drug-likeness (QED) is 0.696. The van der Waals surface area contributed by atoms with Crippen LogP contribution in [0, 0.1) is 5.92 Å². The number of ether oxygens (including phenoxy) is 1. The highest BCUT2D eigenvalue weighted by Gasteiger charge is 2.48. The van der Waals surface area contributed by atoms with E-state index < -0.39 is 24.1 Å². The van der Waals surface area contributed by atoms with Gasteiger partial charge < -0.3 is 20.1 Å². The molecule has 1 saturated heterocycles. The predicted octanol–water partition coefficient (Wildman–Crippen LogP) is 4.16. The van der Waals surface area contributed by atoms with Crippen LogP contribution in [-0.4, -0.2) is 52.7 Å². The maximum absolute atomic E-state index is 13.2. The number of carboxylic acids is 1. The van der Waals surface area contributed by atoms with E-state index in [9.17, 15) is 19.5 Å². The second-order valence-electron chi connectivity index (χ2n) is 9.64. The molecule has 7 heteroatoms. The largest absolute Gasteiger partial charge is 0.480 e. The van der Waals surface area contributed by atoms with Crippen molar-refractivity contribution in [2.45, 2.75) is 63.1 Å². The number of hydrogen-bond donors (Lipinski definition) is 2. The SMILES string of the molecule is C[C@@H](NC(=O)OCC1c2ccccc2-c2ccccc21)C(=O)N1C(C(=O)O)CC2CCCCC21. The summed E-state index contributed by atoms with van der Waals surface area (Å²) in [6.07, 6.45) is 3.65. The minimum atomic E-state index is -0.976. The van der Waals surface area contributed by atoms with Gasteiger partial charge in [0.25, 0.3) is 0 Å². The summed E-state index contributed by atoms with van der Waals surface area (Å²) in [5.41, 5.74) is 4.52. The van der Waals surface area contributed by atoms with Gasteiger partial charge in [-0.25, -0.2) is 9.59 Å². The van der Waals surface area contributed by atoms with Crippen LogP contribution in [0.5, 0.6) is 0 Å². The Kier molecular flexibility index (Phi) is 6.02. The average molecular weight is 463 g/mol. The Balaban J connectivity index is 1.24. The van der Waals surface area contributed by atoms with Crippen LogP contribution < -0.4 is 5.32 Å². The molecule has 2 amide bonds. The number of likely N-dealkylation sites (tertiary alicyclic amines) is 1. The summed E-state index contributed by atoms with van der Waals surface area (Å²) in [6.45, 7) is 1.76. The molecule has 1 saturated carbocycles. The van der Waals surface area contributed by atoms with Crippen molar-refractivity contribution in [3.63, 3.8) is 0 Å². The summed E-state index contributed by atoms with van der Waals surface area (Å²) in [4.78, 5) is 39.2. The summed E-state index contributed by atoms with van der Waals surface area (Å²) >= 11 is 0. The number of carbonyl (C=O) groups is 3. The maximum atomic E-state index is 13.2. The first kappa shape index (κ1) is 22.4. The number of alkyl carbamates (subject to hydrolysis) is 1. The van der Waals surface area contributed by atoms with E-state index in [1.54, 1.807) is 6.92 Å². The molecule has 0 aromatic heterocycles. The molecule has 178 valence electrons. The van der Waals surface area contributed by atoms with E-state index >= 15 is 0 Å². The number of carbonyl (C=O) groups excluding carboxylic acids is 2. The van der Waals surface area contributed by atoms with Gasteiger partial charge >= 0.3 is 12.1 Å². The zero-order chi connectivity index (χ0) is 23.8. The van der Waals surface area contributed by atoms with Gasteiger partial charge in [-0.15, -0.1) is 0 Å². The first-order valence-corrected chi connectivity index (χ1v) is 12.1. The van der Waals surface area contributed by atoms with Gasteiger partial charge in [0.2, 0.25) is 5.91 Å². The first-order valence-electron chi connectivity index (χ1n) is 12.1. The van der Waals surface area contributed by atoms with Crippen molar-refractivity contribution >= 4 is 18.0 Å².